The first-order valence-corrected chi connectivity index (χ1v) is 9.46. The zero-order valence-corrected chi connectivity index (χ0v) is 16.5. The molecular weight excluding hydrogens is 354 g/mol. The lowest BCUT2D eigenvalue weighted by Crippen LogP contribution is -2.74. The molecule has 2 amide bonds. The van der Waals surface area contributed by atoms with Gasteiger partial charge in [-0.25, -0.2) is 0 Å². The molecule has 4 N–H and O–H groups in total. The number of nitrogens with one attached hydrogen (secondary N) is 2. The van der Waals surface area contributed by atoms with Crippen LogP contribution in [0.4, 0.5) is 11.4 Å². The van der Waals surface area contributed by atoms with Gasteiger partial charge >= 0.3 is 0 Å². The smallest absolute Gasteiger partial charge is 0.255 e. The maximum absolute atomic E-state index is 12.9. The van der Waals surface area contributed by atoms with Gasteiger partial charge in [-0.3, -0.25) is 9.59 Å². The van der Waals surface area contributed by atoms with E-state index in [1.807, 2.05) is 39.0 Å². The van der Waals surface area contributed by atoms with E-state index in [1.165, 1.54) is 0 Å². The number of amides is 2. The lowest BCUT2D eigenvalue weighted by molar-refractivity contribution is -0.166. The molecule has 0 aliphatic heterocycles. The zero-order valence-electron chi connectivity index (χ0n) is 16.5. The number of carbonyl (C=O) groups is 2. The van der Waals surface area contributed by atoms with E-state index in [-0.39, 0.29) is 17.9 Å². The molecule has 1 aliphatic carbocycles. The fourth-order valence-electron chi connectivity index (χ4n) is 3.53. The first kappa shape index (κ1) is 20.0. The predicted molar refractivity (Wildman–Crippen MR) is 110 cm³/mol. The van der Waals surface area contributed by atoms with E-state index in [2.05, 4.69) is 10.6 Å². The highest BCUT2D eigenvalue weighted by molar-refractivity contribution is 6.05. The minimum atomic E-state index is -1.00. The van der Waals surface area contributed by atoms with E-state index in [0.29, 0.717) is 30.0 Å². The standard InChI is InChI=1S/C22H27N3O3/c1-4-28-18-14-22(23,21(18,2)3)20(27)25-17-12-8-11-16(13-17)24-19(26)15-9-6-5-7-10-15/h5-13,18H,4,14,23H2,1-3H3,(H,24,26)(H,25,27). The van der Waals surface area contributed by atoms with Gasteiger partial charge in [0.1, 0.15) is 5.54 Å². The minimum Gasteiger partial charge on any atom is -0.378 e. The molecule has 2 aromatic rings. The number of ether oxygens (including phenoxy) is 1. The van der Waals surface area contributed by atoms with Gasteiger partial charge in [0.05, 0.1) is 6.10 Å². The Morgan fingerprint density at radius 3 is 2.32 bits per heavy atom. The van der Waals surface area contributed by atoms with Crippen molar-refractivity contribution < 1.29 is 14.3 Å². The van der Waals surface area contributed by atoms with Crippen LogP contribution >= 0.6 is 0 Å². The first-order chi connectivity index (χ1) is 13.3. The Morgan fingerprint density at radius 1 is 1.07 bits per heavy atom. The second kappa shape index (κ2) is 7.73. The number of nitrogens with two attached hydrogens (primary N) is 1. The molecule has 28 heavy (non-hydrogen) atoms. The summed E-state index contributed by atoms with van der Waals surface area (Å²) in [6, 6.07) is 16.0. The van der Waals surface area contributed by atoms with Crippen molar-refractivity contribution in [3.05, 3.63) is 60.2 Å². The molecule has 0 heterocycles. The van der Waals surface area contributed by atoms with Gasteiger partial charge in [-0.05, 0) is 37.3 Å². The molecular formula is C22H27N3O3. The molecule has 1 aliphatic rings. The summed E-state index contributed by atoms with van der Waals surface area (Å²) in [6.45, 7) is 6.43. The summed E-state index contributed by atoms with van der Waals surface area (Å²) in [5.74, 6) is -0.459. The lowest BCUT2D eigenvalue weighted by atomic mass is 9.54. The zero-order chi connectivity index (χ0) is 20.4. The van der Waals surface area contributed by atoms with Crippen molar-refractivity contribution in [1.29, 1.82) is 0 Å². The van der Waals surface area contributed by atoms with E-state index >= 15 is 0 Å². The summed E-state index contributed by atoms with van der Waals surface area (Å²) >= 11 is 0. The van der Waals surface area contributed by atoms with Gasteiger partial charge in [0.25, 0.3) is 5.91 Å². The van der Waals surface area contributed by atoms with Crippen LogP contribution < -0.4 is 16.4 Å². The first-order valence-electron chi connectivity index (χ1n) is 9.46. The summed E-state index contributed by atoms with van der Waals surface area (Å²) in [4.78, 5) is 25.2. The van der Waals surface area contributed by atoms with Crippen molar-refractivity contribution in [1.82, 2.24) is 0 Å². The van der Waals surface area contributed by atoms with Gasteiger partial charge in [0.15, 0.2) is 0 Å². The molecule has 148 valence electrons. The molecule has 0 radical (unpaired) electrons. The molecule has 3 rings (SSSR count). The van der Waals surface area contributed by atoms with Crippen LogP contribution in [0, 0.1) is 5.41 Å². The Balaban J connectivity index is 1.68. The fraction of sp³-hybridized carbons (Fsp3) is 0.364. The summed E-state index contributed by atoms with van der Waals surface area (Å²) in [5.41, 5.74) is 6.70. The lowest BCUT2D eigenvalue weighted by Gasteiger charge is -2.57. The van der Waals surface area contributed by atoms with E-state index in [0.717, 1.165) is 0 Å². The SMILES string of the molecule is CCOC1CC(N)(C(=O)Nc2cccc(NC(=O)c3ccccc3)c2)C1(C)C. The Hall–Kier alpha value is -2.70. The average molecular weight is 381 g/mol. The van der Waals surface area contributed by atoms with E-state index in [9.17, 15) is 9.59 Å². The summed E-state index contributed by atoms with van der Waals surface area (Å²) < 4.78 is 5.69. The van der Waals surface area contributed by atoms with Crippen LogP contribution in [0.2, 0.25) is 0 Å². The minimum absolute atomic E-state index is 0.0373. The normalized spacial score (nSPS) is 22.8. The van der Waals surface area contributed by atoms with Gasteiger partial charge in [-0.1, -0.05) is 38.1 Å². The van der Waals surface area contributed by atoms with Gasteiger partial charge in [0.2, 0.25) is 5.91 Å². The summed E-state index contributed by atoms with van der Waals surface area (Å²) in [7, 11) is 0. The molecule has 6 nitrogen and oxygen atoms in total. The molecule has 0 aromatic heterocycles. The molecule has 2 aromatic carbocycles. The predicted octanol–water partition coefficient (Wildman–Crippen LogP) is 3.41. The highest BCUT2D eigenvalue weighted by atomic mass is 16.5. The highest BCUT2D eigenvalue weighted by Crippen LogP contribution is 2.50. The van der Waals surface area contributed by atoms with Crippen LogP contribution in [0.15, 0.2) is 54.6 Å². The number of rotatable bonds is 6. The molecule has 0 bridgehead atoms. The van der Waals surface area contributed by atoms with Crippen LogP contribution in [0.1, 0.15) is 37.6 Å². The van der Waals surface area contributed by atoms with E-state index < -0.39 is 11.0 Å². The maximum atomic E-state index is 12.9. The Morgan fingerprint density at radius 2 is 1.71 bits per heavy atom. The van der Waals surface area contributed by atoms with Crippen LogP contribution in [-0.2, 0) is 9.53 Å². The third kappa shape index (κ3) is 3.66. The van der Waals surface area contributed by atoms with Gasteiger partial charge in [-0.15, -0.1) is 0 Å². The largest absolute Gasteiger partial charge is 0.378 e. The summed E-state index contributed by atoms with van der Waals surface area (Å²) in [6.07, 6.45) is 0.439. The van der Waals surface area contributed by atoms with Crippen LogP contribution in [0.3, 0.4) is 0 Å². The highest BCUT2D eigenvalue weighted by Gasteiger charge is 2.62. The quantitative estimate of drug-likeness (QED) is 0.715. The Labute approximate surface area is 165 Å². The molecule has 2 unspecified atom stereocenters. The molecule has 6 heteroatoms. The average Bonchev–Trinajstić information content (AvgIpc) is 2.68. The topological polar surface area (TPSA) is 93.4 Å². The number of benzene rings is 2. The molecule has 2 atom stereocenters. The Bertz CT molecular complexity index is 866. The maximum Gasteiger partial charge on any atom is 0.255 e. The number of hydrogen-bond donors (Lipinski definition) is 3. The molecule has 0 saturated heterocycles. The van der Waals surface area contributed by atoms with Crippen molar-refractivity contribution in [3.63, 3.8) is 0 Å². The number of anilines is 2. The third-order valence-electron chi connectivity index (χ3n) is 5.65. The fourth-order valence-corrected chi connectivity index (χ4v) is 3.53. The molecule has 0 spiro atoms. The monoisotopic (exact) mass is 381 g/mol. The van der Waals surface area contributed by atoms with Crippen molar-refractivity contribution in [2.75, 3.05) is 17.2 Å². The van der Waals surface area contributed by atoms with Crippen molar-refractivity contribution in [2.45, 2.75) is 38.8 Å². The van der Waals surface area contributed by atoms with Crippen molar-refractivity contribution in [2.24, 2.45) is 11.1 Å². The number of hydrogen-bond acceptors (Lipinski definition) is 4. The molecule has 1 fully saturated rings. The van der Waals surface area contributed by atoms with Crippen LogP contribution in [0.5, 0.6) is 0 Å². The van der Waals surface area contributed by atoms with Crippen molar-refractivity contribution >= 4 is 23.2 Å². The Kier molecular flexibility index (Phi) is 5.54. The third-order valence-corrected chi connectivity index (χ3v) is 5.65. The van der Waals surface area contributed by atoms with Crippen molar-refractivity contribution in [3.8, 4) is 0 Å². The second-order valence-electron chi connectivity index (χ2n) is 7.70. The van der Waals surface area contributed by atoms with Gasteiger partial charge in [-0.2, -0.15) is 0 Å². The number of carbonyl (C=O) groups excluding carboxylic acids is 2. The van der Waals surface area contributed by atoms with Gasteiger partial charge < -0.3 is 21.1 Å². The second-order valence-corrected chi connectivity index (χ2v) is 7.70. The van der Waals surface area contributed by atoms with Gasteiger partial charge in [0, 0.05) is 35.4 Å². The molecule has 1 saturated carbocycles. The van der Waals surface area contributed by atoms with Crippen LogP contribution in [0.25, 0.3) is 0 Å². The van der Waals surface area contributed by atoms with Crippen LogP contribution in [-0.4, -0.2) is 30.1 Å². The summed E-state index contributed by atoms with van der Waals surface area (Å²) in [5, 5.41) is 5.72. The van der Waals surface area contributed by atoms with E-state index in [1.54, 1.807) is 36.4 Å². The van der Waals surface area contributed by atoms with E-state index in [4.69, 9.17) is 10.5 Å².